The van der Waals surface area contributed by atoms with Crippen LogP contribution in [0, 0.1) is 17.8 Å². The Morgan fingerprint density at radius 1 is 0.825 bits per heavy atom. The van der Waals surface area contributed by atoms with Crippen LogP contribution in [0.4, 0.5) is 14.4 Å². The van der Waals surface area contributed by atoms with Crippen LogP contribution in [0.15, 0.2) is 18.2 Å². The molecule has 0 saturated heterocycles. The van der Waals surface area contributed by atoms with Crippen LogP contribution in [0.3, 0.4) is 0 Å². The third kappa shape index (κ3) is 13.0. The maximum Gasteiger partial charge on any atom is 0.513 e. The van der Waals surface area contributed by atoms with Gasteiger partial charge in [0, 0.05) is 12.8 Å². The van der Waals surface area contributed by atoms with Crippen LogP contribution in [0.2, 0.25) is 0 Å². The van der Waals surface area contributed by atoms with Crippen molar-refractivity contribution in [3.8, 4) is 11.5 Å². The fourth-order valence-corrected chi connectivity index (χ4v) is 3.21. The average Bonchev–Trinajstić information content (AvgIpc) is 2.85. The number of aliphatic carboxylic acids is 1. The summed E-state index contributed by atoms with van der Waals surface area (Å²) in [6.45, 7) is 13.2. The minimum atomic E-state index is -1.87. The molecular formula is C28H43NO11. The number of hydrogen-bond donors (Lipinski definition) is 2. The monoisotopic (exact) mass is 569 g/mol. The number of ether oxygens (including phenoxy) is 6. The quantitative estimate of drug-likeness (QED) is 0.158. The molecular weight excluding hydrogens is 526 g/mol. The van der Waals surface area contributed by atoms with Crippen molar-refractivity contribution in [1.82, 2.24) is 0 Å². The van der Waals surface area contributed by atoms with Gasteiger partial charge in [-0.15, -0.1) is 0 Å². The van der Waals surface area contributed by atoms with Gasteiger partial charge in [-0.05, 0) is 42.4 Å². The highest BCUT2D eigenvalue weighted by Gasteiger charge is 2.37. The number of carbonyl (C=O) groups excluding carboxylic acids is 3. The predicted molar refractivity (Wildman–Crippen MR) is 144 cm³/mol. The van der Waals surface area contributed by atoms with Gasteiger partial charge in [-0.1, -0.05) is 54.0 Å². The Labute approximate surface area is 235 Å². The number of rotatable bonds is 15. The van der Waals surface area contributed by atoms with E-state index >= 15 is 0 Å². The summed E-state index contributed by atoms with van der Waals surface area (Å²) in [5, 5.41) is 9.91. The minimum absolute atomic E-state index is 0.0468. The van der Waals surface area contributed by atoms with Crippen molar-refractivity contribution in [2.45, 2.75) is 79.4 Å². The predicted octanol–water partition coefficient (Wildman–Crippen LogP) is 5.33. The Balaban J connectivity index is 3.10. The first-order valence-electron chi connectivity index (χ1n) is 13.3. The maximum atomic E-state index is 12.2. The molecule has 0 aromatic heterocycles. The normalized spacial score (nSPS) is 14.1. The van der Waals surface area contributed by atoms with E-state index in [2.05, 4.69) is 0 Å². The zero-order valence-electron chi connectivity index (χ0n) is 24.4. The van der Waals surface area contributed by atoms with E-state index < -0.39 is 36.1 Å². The van der Waals surface area contributed by atoms with E-state index in [1.165, 1.54) is 25.1 Å². The standard InChI is InChI=1S/C28H43NO11/c1-8-19(6)16-37-25(32)38-20(7)12-28(29,24(30)31)13-21-9-10-22(39-26(33)35-14-17(2)3)23(11-21)40-27(34)36-15-18(4)5/h9-11,17-20H,8,12-16,29H2,1-7H3,(H,30,31)/t19?,20-,28?/m0/s1. The summed E-state index contributed by atoms with van der Waals surface area (Å²) < 4.78 is 30.8. The molecule has 12 nitrogen and oxygen atoms in total. The highest BCUT2D eigenvalue weighted by molar-refractivity contribution is 5.79. The maximum absolute atomic E-state index is 12.2. The molecule has 3 atom stereocenters. The molecule has 226 valence electrons. The Morgan fingerprint density at radius 2 is 1.35 bits per heavy atom. The Hall–Kier alpha value is -3.54. The largest absolute Gasteiger partial charge is 0.513 e. The van der Waals surface area contributed by atoms with E-state index in [-0.39, 0.29) is 61.9 Å². The molecule has 1 aromatic rings. The number of carbonyl (C=O) groups is 4. The lowest BCUT2D eigenvalue weighted by atomic mass is 9.86. The summed E-state index contributed by atoms with van der Waals surface area (Å²) in [5.74, 6) is -1.41. The lowest BCUT2D eigenvalue weighted by molar-refractivity contribution is -0.144. The summed E-state index contributed by atoms with van der Waals surface area (Å²) in [4.78, 5) is 48.5. The molecule has 0 radical (unpaired) electrons. The van der Waals surface area contributed by atoms with Crippen molar-refractivity contribution in [2.75, 3.05) is 19.8 Å². The summed E-state index contributed by atoms with van der Waals surface area (Å²) in [6.07, 6.45) is -3.51. The number of nitrogens with two attached hydrogens (primary N) is 1. The van der Waals surface area contributed by atoms with Gasteiger partial charge in [0.25, 0.3) is 0 Å². The molecule has 0 aliphatic heterocycles. The number of benzene rings is 1. The molecule has 40 heavy (non-hydrogen) atoms. The molecule has 0 saturated carbocycles. The number of carboxylic acid groups (broad SMARTS) is 1. The van der Waals surface area contributed by atoms with Crippen molar-refractivity contribution in [1.29, 1.82) is 0 Å². The van der Waals surface area contributed by atoms with Gasteiger partial charge in [0.05, 0.1) is 19.8 Å². The smallest absolute Gasteiger partial charge is 0.480 e. The van der Waals surface area contributed by atoms with E-state index in [1.54, 1.807) is 0 Å². The highest BCUT2D eigenvalue weighted by Crippen LogP contribution is 2.31. The van der Waals surface area contributed by atoms with Crippen LogP contribution in [-0.4, -0.2) is 61.0 Å². The van der Waals surface area contributed by atoms with Crippen molar-refractivity contribution < 1.29 is 52.7 Å². The highest BCUT2D eigenvalue weighted by atomic mass is 16.7. The van der Waals surface area contributed by atoms with E-state index in [9.17, 15) is 24.3 Å². The SMILES string of the molecule is CCC(C)COC(=O)O[C@@H](C)CC(N)(Cc1ccc(OC(=O)OCC(C)C)c(OC(=O)OCC(C)C)c1)C(=O)O. The third-order valence-electron chi connectivity index (χ3n) is 5.54. The van der Waals surface area contributed by atoms with Crippen molar-refractivity contribution in [2.24, 2.45) is 23.5 Å². The number of hydrogen-bond acceptors (Lipinski definition) is 11. The molecule has 1 rings (SSSR count). The first-order chi connectivity index (χ1) is 18.6. The topological polar surface area (TPSA) is 170 Å². The van der Waals surface area contributed by atoms with Crippen LogP contribution in [0.1, 0.15) is 66.9 Å². The van der Waals surface area contributed by atoms with Gasteiger partial charge in [-0.2, -0.15) is 0 Å². The lowest BCUT2D eigenvalue weighted by Crippen LogP contribution is -2.52. The first-order valence-corrected chi connectivity index (χ1v) is 13.3. The Bertz CT molecular complexity index is 994. The minimum Gasteiger partial charge on any atom is -0.480 e. The molecule has 0 heterocycles. The van der Waals surface area contributed by atoms with Crippen molar-refractivity contribution in [3.63, 3.8) is 0 Å². The van der Waals surface area contributed by atoms with Crippen molar-refractivity contribution >= 4 is 24.4 Å². The summed E-state index contributed by atoms with van der Waals surface area (Å²) in [6, 6.07) is 4.11. The van der Waals surface area contributed by atoms with Gasteiger partial charge in [-0.25, -0.2) is 14.4 Å². The summed E-state index contributed by atoms with van der Waals surface area (Å²) >= 11 is 0. The van der Waals surface area contributed by atoms with E-state index in [0.29, 0.717) is 5.56 Å². The Morgan fingerprint density at radius 3 is 1.85 bits per heavy atom. The second-order valence-electron chi connectivity index (χ2n) is 10.7. The molecule has 0 aliphatic rings. The molecule has 2 unspecified atom stereocenters. The van der Waals surface area contributed by atoms with Gasteiger partial charge in [-0.3, -0.25) is 4.79 Å². The molecule has 1 aromatic carbocycles. The molecule has 0 fully saturated rings. The van der Waals surface area contributed by atoms with Crippen molar-refractivity contribution in [3.05, 3.63) is 23.8 Å². The van der Waals surface area contributed by atoms with Crippen LogP contribution in [0.5, 0.6) is 11.5 Å². The second-order valence-corrected chi connectivity index (χ2v) is 10.7. The van der Waals surface area contributed by atoms with Crippen LogP contribution in [0.25, 0.3) is 0 Å². The van der Waals surface area contributed by atoms with Gasteiger partial charge < -0.3 is 39.3 Å². The molecule has 0 spiro atoms. The van der Waals surface area contributed by atoms with Gasteiger partial charge in [0.1, 0.15) is 11.6 Å². The van der Waals surface area contributed by atoms with Gasteiger partial charge in [0.2, 0.25) is 0 Å². The van der Waals surface area contributed by atoms with Gasteiger partial charge in [0.15, 0.2) is 11.5 Å². The average molecular weight is 570 g/mol. The van der Waals surface area contributed by atoms with E-state index in [4.69, 9.17) is 34.2 Å². The third-order valence-corrected chi connectivity index (χ3v) is 5.54. The fraction of sp³-hybridized carbons (Fsp3) is 0.643. The molecule has 0 aliphatic carbocycles. The number of carboxylic acids is 1. The van der Waals surface area contributed by atoms with Gasteiger partial charge >= 0.3 is 24.4 Å². The second kappa shape index (κ2) is 16.5. The van der Waals surface area contributed by atoms with Crippen LogP contribution < -0.4 is 15.2 Å². The summed E-state index contributed by atoms with van der Waals surface area (Å²) in [7, 11) is 0. The zero-order chi connectivity index (χ0) is 30.5. The van der Waals surface area contributed by atoms with Crippen LogP contribution >= 0.6 is 0 Å². The lowest BCUT2D eigenvalue weighted by Gasteiger charge is -2.28. The van der Waals surface area contributed by atoms with Crippen LogP contribution in [-0.2, 0) is 30.2 Å². The van der Waals surface area contributed by atoms with E-state index in [0.717, 1.165) is 6.42 Å². The Kier molecular flexibility index (Phi) is 14.3. The van der Waals surface area contributed by atoms with E-state index in [1.807, 2.05) is 41.5 Å². The molecule has 12 heteroatoms. The first kappa shape index (κ1) is 34.5. The summed E-state index contributed by atoms with van der Waals surface area (Å²) in [5.41, 5.74) is 4.71. The molecule has 0 amide bonds. The molecule has 0 bridgehead atoms. The molecule has 3 N–H and O–H groups in total. The zero-order valence-corrected chi connectivity index (χ0v) is 24.4. The fourth-order valence-electron chi connectivity index (χ4n) is 3.21.